The monoisotopic (exact) mass is 221 g/mol. The standard InChI is InChI=1S/C11H11NO2S/c1-2-12-8-5-3-4-6-9(8)15-10(12)7-11(13)14/h3-7H,2H2,1H3,(H,13,14). The average Bonchev–Trinajstić information content (AvgIpc) is 2.53. The van der Waals surface area contributed by atoms with Crippen LogP contribution < -0.4 is 4.90 Å². The highest BCUT2D eigenvalue weighted by Crippen LogP contribution is 2.45. The first-order chi connectivity index (χ1) is 7.22. The molecule has 1 aromatic rings. The van der Waals surface area contributed by atoms with Crippen molar-refractivity contribution in [2.24, 2.45) is 0 Å². The SMILES string of the molecule is CCN1C(=CC(=O)O)Sc2ccccc21. The molecular weight excluding hydrogens is 210 g/mol. The van der Waals surface area contributed by atoms with Crippen molar-refractivity contribution in [1.82, 2.24) is 0 Å². The number of rotatable bonds is 2. The quantitative estimate of drug-likeness (QED) is 0.779. The van der Waals surface area contributed by atoms with Crippen molar-refractivity contribution < 1.29 is 9.90 Å². The van der Waals surface area contributed by atoms with Crippen LogP contribution >= 0.6 is 11.8 Å². The zero-order valence-corrected chi connectivity index (χ0v) is 9.12. The van der Waals surface area contributed by atoms with Crippen LogP contribution in [-0.4, -0.2) is 17.6 Å². The van der Waals surface area contributed by atoms with Gasteiger partial charge in [-0.3, -0.25) is 0 Å². The van der Waals surface area contributed by atoms with E-state index in [1.165, 1.54) is 17.8 Å². The van der Waals surface area contributed by atoms with Crippen molar-refractivity contribution in [2.45, 2.75) is 11.8 Å². The second kappa shape index (κ2) is 3.98. The molecule has 0 radical (unpaired) electrons. The van der Waals surface area contributed by atoms with Crippen LogP contribution in [0.3, 0.4) is 0 Å². The summed E-state index contributed by atoms with van der Waals surface area (Å²) in [4.78, 5) is 13.8. The van der Waals surface area contributed by atoms with Crippen LogP contribution in [0.25, 0.3) is 0 Å². The molecule has 1 aliphatic heterocycles. The molecule has 0 spiro atoms. The van der Waals surface area contributed by atoms with E-state index in [1.807, 2.05) is 36.1 Å². The van der Waals surface area contributed by atoms with E-state index in [0.717, 1.165) is 22.2 Å². The highest BCUT2D eigenvalue weighted by Gasteiger charge is 2.23. The third-order valence-corrected chi connectivity index (χ3v) is 3.31. The van der Waals surface area contributed by atoms with Crippen LogP contribution in [0.5, 0.6) is 0 Å². The maximum Gasteiger partial charge on any atom is 0.330 e. The second-order valence-corrected chi connectivity index (χ2v) is 4.20. The molecule has 1 heterocycles. The fraction of sp³-hybridized carbons (Fsp3) is 0.182. The van der Waals surface area contributed by atoms with Gasteiger partial charge in [-0.25, -0.2) is 4.79 Å². The first kappa shape index (κ1) is 10.1. The number of para-hydroxylation sites is 1. The molecule has 1 N–H and O–H groups in total. The van der Waals surface area contributed by atoms with E-state index in [4.69, 9.17) is 5.11 Å². The second-order valence-electron chi connectivity index (χ2n) is 3.13. The van der Waals surface area contributed by atoms with Gasteiger partial charge >= 0.3 is 5.97 Å². The molecule has 3 nitrogen and oxygen atoms in total. The average molecular weight is 221 g/mol. The summed E-state index contributed by atoms with van der Waals surface area (Å²) in [6.45, 7) is 2.79. The van der Waals surface area contributed by atoms with Crippen LogP contribution in [0, 0.1) is 0 Å². The first-order valence-electron chi connectivity index (χ1n) is 4.71. The molecule has 0 saturated carbocycles. The van der Waals surface area contributed by atoms with E-state index in [1.54, 1.807) is 0 Å². The number of carbonyl (C=O) groups is 1. The summed E-state index contributed by atoms with van der Waals surface area (Å²) < 4.78 is 0. The van der Waals surface area contributed by atoms with E-state index in [-0.39, 0.29) is 0 Å². The number of hydrogen-bond donors (Lipinski definition) is 1. The minimum absolute atomic E-state index is 0.781. The zero-order valence-electron chi connectivity index (χ0n) is 8.30. The van der Waals surface area contributed by atoms with Crippen LogP contribution in [0.2, 0.25) is 0 Å². The molecule has 0 aliphatic carbocycles. The first-order valence-corrected chi connectivity index (χ1v) is 5.53. The summed E-state index contributed by atoms with van der Waals surface area (Å²) >= 11 is 1.50. The minimum atomic E-state index is -0.899. The molecule has 2 rings (SSSR count). The smallest absolute Gasteiger partial charge is 0.330 e. The van der Waals surface area contributed by atoms with Crippen molar-refractivity contribution in [1.29, 1.82) is 0 Å². The topological polar surface area (TPSA) is 40.5 Å². The molecule has 0 fully saturated rings. The Balaban J connectivity index is 2.41. The van der Waals surface area contributed by atoms with Gasteiger partial charge in [0, 0.05) is 11.4 Å². The number of carboxylic acids is 1. The predicted molar refractivity (Wildman–Crippen MR) is 61.0 cm³/mol. The summed E-state index contributed by atoms with van der Waals surface area (Å²) in [7, 11) is 0. The Bertz CT molecular complexity index is 428. The molecule has 1 aliphatic rings. The lowest BCUT2D eigenvalue weighted by molar-refractivity contribution is -0.131. The number of fused-ring (bicyclic) bond motifs is 1. The Hall–Kier alpha value is -1.42. The van der Waals surface area contributed by atoms with Crippen molar-refractivity contribution in [2.75, 3.05) is 11.4 Å². The summed E-state index contributed by atoms with van der Waals surface area (Å²) in [6.07, 6.45) is 1.26. The van der Waals surface area contributed by atoms with Crippen molar-refractivity contribution in [3.8, 4) is 0 Å². The number of thioether (sulfide) groups is 1. The van der Waals surface area contributed by atoms with E-state index in [2.05, 4.69) is 0 Å². The lowest BCUT2D eigenvalue weighted by Gasteiger charge is -2.17. The largest absolute Gasteiger partial charge is 0.478 e. The van der Waals surface area contributed by atoms with E-state index < -0.39 is 5.97 Å². The van der Waals surface area contributed by atoms with Crippen LogP contribution in [0.4, 0.5) is 5.69 Å². The molecular formula is C11H11NO2S. The lowest BCUT2D eigenvalue weighted by atomic mass is 10.3. The summed E-state index contributed by atoms with van der Waals surface area (Å²) in [5.41, 5.74) is 1.09. The molecule has 0 saturated heterocycles. The van der Waals surface area contributed by atoms with Gasteiger partial charge < -0.3 is 10.0 Å². The maximum absolute atomic E-state index is 10.7. The molecule has 78 valence electrons. The van der Waals surface area contributed by atoms with E-state index >= 15 is 0 Å². The predicted octanol–water partition coefficient (Wildman–Crippen LogP) is 2.54. The van der Waals surface area contributed by atoms with Gasteiger partial charge in [-0.05, 0) is 19.1 Å². The van der Waals surface area contributed by atoms with Crippen molar-refractivity contribution in [3.05, 3.63) is 35.4 Å². The fourth-order valence-corrected chi connectivity index (χ4v) is 2.74. The van der Waals surface area contributed by atoms with Gasteiger partial charge in [-0.15, -0.1) is 0 Å². The third-order valence-electron chi connectivity index (χ3n) is 2.20. The van der Waals surface area contributed by atoms with Gasteiger partial charge in [-0.2, -0.15) is 0 Å². The molecule has 0 amide bonds. The number of anilines is 1. The molecule has 15 heavy (non-hydrogen) atoms. The zero-order chi connectivity index (χ0) is 10.8. The van der Waals surface area contributed by atoms with E-state index in [9.17, 15) is 4.79 Å². The van der Waals surface area contributed by atoms with Crippen LogP contribution in [0.15, 0.2) is 40.3 Å². The fourth-order valence-electron chi connectivity index (χ4n) is 1.59. The third kappa shape index (κ3) is 1.85. The Morgan fingerprint density at radius 3 is 2.93 bits per heavy atom. The molecule has 0 aromatic heterocycles. The lowest BCUT2D eigenvalue weighted by Crippen LogP contribution is -2.17. The summed E-state index contributed by atoms with van der Waals surface area (Å²) in [6, 6.07) is 7.94. The number of nitrogens with zero attached hydrogens (tertiary/aromatic N) is 1. The number of carboxylic acid groups (broad SMARTS) is 1. The molecule has 0 unspecified atom stereocenters. The molecule has 1 aromatic carbocycles. The molecule has 4 heteroatoms. The van der Waals surface area contributed by atoms with Gasteiger partial charge in [0.25, 0.3) is 0 Å². The highest BCUT2D eigenvalue weighted by molar-refractivity contribution is 8.03. The normalized spacial score (nSPS) is 16.9. The van der Waals surface area contributed by atoms with Crippen molar-refractivity contribution >= 4 is 23.4 Å². The molecule has 0 atom stereocenters. The van der Waals surface area contributed by atoms with Gasteiger partial charge in [0.1, 0.15) is 0 Å². The van der Waals surface area contributed by atoms with Crippen LogP contribution in [0.1, 0.15) is 6.92 Å². The van der Waals surface area contributed by atoms with Gasteiger partial charge in [-0.1, -0.05) is 23.9 Å². The summed E-state index contributed by atoms with van der Waals surface area (Å²) in [5.74, 6) is -0.899. The van der Waals surface area contributed by atoms with E-state index in [0.29, 0.717) is 0 Å². The Morgan fingerprint density at radius 2 is 2.27 bits per heavy atom. The highest BCUT2D eigenvalue weighted by atomic mass is 32.2. The Kier molecular flexibility index (Phi) is 2.68. The number of benzene rings is 1. The van der Waals surface area contributed by atoms with Crippen LogP contribution in [-0.2, 0) is 4.79 Å². The number of hydrogen-bond acceptors (Lipinski definition) is 3. The van der Waals surface area contributed by atoms with Gasteiger partial charge in [0.15, 0.2) is 0 Å². The maximum atomic E-state index is 10.7. The minimum Gasteiger partial charge on any atom is -0.478 e. The van der Waals surface area contributed by atoms with Gasteiger partial charge in [0.2, 0.25) is 0 Å². The summed E-state index contributed by atoms with van der Waals surface area (Å²) in [5, 5.41) is 9.53. The van der Waals surface area contributed by atoms with Gasteiger partial charge in [0.05, 0.1) is 16.8 Å². The molecule has 0 bridgehead atoms. The Morgan fingerprint density at radius 1 is 1.53 bits per heavy atom. The Labute approximate surface area is 92.4 Å². The van der Waals surface area contributed by atoms with Crippen molar-refractivity contribution in [3.63, 3.8) is 0 Å². The number of aliphatic carboxylic acids is 1.